The molecule has 0 radical (unpaired) electrons. The Kier molecular flexibility index (Phi) is 6.96. The molecule has 8 nitrogen and oxygen atoms in total. The summed E-state index contributed by atoms with van der Waals surface area (Å²) in [5.74, 6) is -10.4. The van der Waals surface area contributed by atoms with Crippen LogP contribution in [0.5, 0.6) is 0 Å². The largest absolute Gasteiger partial charge is 0.481 e. The van der Waals surface area contributed by atoms with Crippen LogP contribution in [0.15, 0.2) is 47.8 Å². The average Bonchev–Trinajstić information content (AvgIpc) is 3.13. The summed E-state index contributed by atoms with van der Waals surface area (Å²) >= 11 is 7.46. The van der Waals surface area contributed by atoms with E-state index in [0.29, 0.717) is 32.5 Å². The second-order valence-electron chi connectivity index (χ2n) is 8.14. The first kappa shape index (κ1) is 25.5. The molecule has 2 aromatic heterocycles. The van der Waals surface area contributed by atoms with E-state index in [4.69, 9.17) is 21.4 Å². The molecule has 0 bridgehead atoms. The molecule has 2 amide bonds. The van der Waals surface area contributed by atoms with Crippen molar-refractivity contribution in [2.45, 2.75) is 25.9 Å². The number of nitrogens with zero attached hydrogens (tertiary/aromatic N) is 1. The number of carboxylic acid groups (broad SMARTS) is 1. The van der Waals surface area contributed by atoms with E-state index in [1.165, 1.54) is 17.4 Å². The monoisotopic (exact) mass is 535 g/mol. The zero-order chi connectivity index (χ0) is 26.2. The Morgan fingerprint density at radius 1 is 1.11 bits per heavy atom. The molecule has 1 saturated carbocycles. The molecule has 1 aromatic carbocycles. The summed E-state index contributed by atoms with van der Waals surface area (Å²) in [6.07, 6.45) is -1.29. The van der Waals surface area contributed by atoms with Crippen molar-refractivity contribution in [3.8, 4) is 10.6 Å². The summed E-state index contributed by atoms with van der Waals surface area (Å²) in [6, 6.07) is 11.7. The number of amides is 2. The molecular formula is C24H20ClF2N3O5S. The fourth-order valence-corrected chi connectivity index (χ4v) is 4.87. The van der Waals surface area contributed by atoms with Crippen LogP contribution in [0.2, 0.25) is 5.02 Å². The van der Waals surface area contributed by atoms with E-state index < -0.39 is 41.8 Å². The number of ether oxygens (including phenoxy) is 1. The van der Waals surface area contributed by atoms with Gasteiger partial charge in [0.1, 0.15) is 17.9 Å². The number of benzene rings is 1. The lowest BCUT2D eigenvalue weighted by molar-refractivity contribution is -0.141. The van der Waals surface area contributed by atoms with Crippen molar-refractivity contribution in [3.63, 3.8) is 0 Å². The Hall–Kier alpha value is -3.57. The van der Waals surface area contributed by atoms with E-state index in [9.17, 15) is 23.2 Å². The number of carboxylic acids is 1. The molecule has 36 heavy (non-hydrogen) atoms. The van der Waals surface area contributed by atoms with Gasteiger partial charge >= 0.3 is 12.1 Å². The summed E-state index contributed by atoms with van der Waals surface area (Å²) < 4.78 is 32.7. The van der Waals surface area contributed by atoms with Crippen LogP contribution in [0.25, 0.3) is 10.6 Å². The summed E-state index contributed by atoms with van der Waals surface area (Å²) in [5.41, 5.74) is 2.08. The van der Waals surface area contributed by atoms with Gasteiger partial charge in [-0.05, 0) is 43.5 Å². The number of pyridine rings is 1. The predicted octanol–water partition coefficient (Wildman–Crippen LogP) is 5.99. The standard InChI is InChI=1S/C24H20ClF2N3O5S/c1-11-15(29-21(31)18-19(22(32)33)24(18,26)27)7-8-16(28-11)20-17(9-10-36-20)30-23(34)35-12(2)13-5-3-4-6-14(13)25/h3-10,12,18-19H,1-2H3,(H,29,31)(H,30,34)(H,32,33)/t12-,18-,19-/m1/s1. The zero-order valence-corrected chi connectivity index (χ0v) is 20.5. The molecule has 4 rings (SSSR count). The average molecular weight is 536 g/mol. The van der Waals surface area contributed by atoms with E-state index in [0.717, 1.165) is 0 Å². The van der Waals surface area contributed by atoms with E-state index in [1.807, 2.05) is 0 Å². The highest BCUT2D eigenvalue weighted by Gasteiger charge is 2.76. The fourth-order valence-electron chi connectivity index (χ4n) is 3.76. The molecule has 1 aliphatic rings. The quantitative estimate of drug-likeness (QED) is 0.342. The maximum absolute atomic E-state index is 13.7. The number of rotatable bonds is 7. The highest BCUT2D eigenvalue weighted by molar-refractivity contribution is 7.14. The highest BCUT2D eigenvalue weighted by Crippen LogP contribution is 2.55. The van der Waals surface area contributed by atoms with Crippen LogP contribution < -0.4 is 10.6 Å². The number of nitrogens with one attached hydrogen (secondary N) is 2. The third-order valence-electron chi connectivity index (χ3n) is 5.71. The van der Waals surface area contributed by atoms with Gasteiger partial charge in [-0.25, -0.2) is 13.6 Å². The van der Waals surface area contributed by atoms with Gasteiger partial charge < -0.3 is 15.2 Å². The van der Waals surface area contributed by atoms with Gasteiger partial charge in [-0.3, -0.25) is 19.9 Å². The van der Waals surface area contributed by atoms with Crippen molar-refractivity contribution in [1.29, 1.82) is 0 Å². The molecule has 0 spiro atoms. The zero-order valence-electron chi connectivity index (χ0n) is 18.9. The Morgan fingerprint density at radius 3 is 2.47 bits per heavy atom. The number of aliphatic carboxylic acids is 1. The van der Waals surface area contributed by atoms with Crippen molar-refractivity contribution < 1.29 is 33.0 Å². The van der Waals surface area contributed by atoms with Gasteiger partial charge in [-0.1, -0.05) is 29.8 Å². The van der Waals surface area contributed by atoms with Crippen LogP contribution in [0, 0.1) is 18.8 Å². The molecule has 1 aliphatic carbocycles. The topological polar surface area (TPSA) is 118 Å². The van der Waals surface area contributed by atoms with Gasteiger partial charge in [0.2, 0.25) is 5.91 Å². The lowest BCUT2D eigenvalue weighted by atomic mass is 10.1. The van der Waals surface area contributed by atoms with Crippen LogP contribution >= 0.6 is 22.9 Å². The van der Waals surface area contributed by atoms with Gasteiger partial charge in [0, 0.05) is 10.6 Å². The maximum atomic E-state index is 13.7. The molecule has 3 aromatic rings. The number of hydrogen-bond donors (Lipinski definition) is 3. The predicted molar refractivity (Wildman–Crippen MR) is 130 cm³/mol. The minimum absolute atomic E-state index is 0.176. The molecule has 2 heterocycles. The van der Waals surface area contributed by atoms with Crippen molar-refractivity contribution in [1.82, 2.24) is 4.98 Å². The Morgan fingerprint density at radius 2 is 1.83 bits per heavy atom. The van der Waals surface area contributed by atoms with Gasteiger partial charge in [-0.15, -0.1) is 11.3 Å². The second kappa shape index (κ2) is 9.82. The van der Waals surface area contributed by atoms with Crippen LogP contribution in [0.4, 0.5) is 25.0 Å². The SMILES string of the molecule is Cc1nc(-c2sccc2NC(=O)O[C@H](C)c2ccccc2Cl)ccc1NC(=O)[C@H]1[C@H](C(=O)O)C1(F)F. The van der Waals surface area contributed by atoms with Crippen molar-refractivity contribution in [2.75, 3.05) is 10.6 Å². The molecule has 12 heteroatoms. The van der Waals surface area contributed by atoms with Crippen LogP contribution in [0.1, 0.15) is 24.3 Å². The van der Waals surface area contributed by atoms with E-state index >= 15 is 0 Å². The van der Waals surface area contributed by atoms with Crippen LogP contribution in [-0.2, 0) is 14.3 Å². The van der Waals surface area contributed by atoms with Crippen molar-refractivity contribution in [3.05, 3.63) is 64.1 Å². The molecule has 0 saturated heterocycles. The summed E-state index contributed by atoms with van der Waals surface area (Å²) in [5, 5.41) is 16.1. The Bertz CT molecular complexity index is 1350. The van der Waals surface area contributed by atoms with Gasteiger partial charge in [-0.2, -0.15) is 0 Å². The number of carbonyl (C=O) groups is 3. The summed E-state index contributed by atoms with van der Waals surface area (Å²) in [4.78, 5) is 40.6. The fraction of sp³-hybridized carbons (Fsp3) is 0.250. The Labute approximate surface area is 213 Å². The highest BCUT2D eigenvalue weighted by atomic mass is 35.5. The smallest absolute Gasteiger partial charge is 0.412 e. The van der Waals surface area contributed by atoms with E-state index in [2.05, 4.69) is 15.6 Å². The number of anilines is 2. The summed E-state index contributed by atoms with van der Waals surface area (Å²) in [7, 11) is 0. The number of aromatic nitrogens is 1. The van der Waals surface area contributed by atoms with E-state index in [-0.39, 0.29) is 5.69 Å². The first-order valence-corrected chi connectivity index (χ1v) is 12.0. The number of thiophene rings is 1. The third kappa shape index (κ3) is 5.02. The van der Waals surface area contributed by atoms with Gasteiger partial charge in [0.05, 0.1) is 27.6 Å². The molecule has 3 N–H and O–H groups in total. The maximum Gasteiger partial charge on any atom is 0.412 e. The first-order valence-electron chi connectivity index (χ1n) is 10.7. The van der Waals surface area contributed by atoms with Crippen molar-refractivity contribution in [2.24, 2.45) is 11.8 Å². The number of aryl methyl sites for hydroxylation is 1. The minimum Gasteiger partial charge on any atom is -0.481 e. The molecule has 3 atom stereocenters. The molecule has 188 valence electrons. The molecule has 0 aliphatic heterocycles. The van der Waals surface area contributed by atoms with Crippen LogP contribution in [-0.4, -0.2) is 34.0 Å². The summed E-state index contributed by atoms with van der Waals surface area (Å²) in [6.45, 7) is 3.27. The number of hydrogen-bond acceptors (Lipinski definition) is 6. The van der Waals surface area contributed by atoms with Crippen molar-refractivity contribution >= 4 is 52.3 Å². The lowest BCUT2D eigenvalue weighted by Gasteiger charge is -2.15. The number of halogens is 3. The normalized spacial score (nSPS) is 18.7. The number of carbonyl (C=O) groups excluding carboxylic acids is 2. The number of alkyl halides is 2. The lowest BCUT2D eigenvalue weighted by Crippen LogP contribution is -2.19. The first-order chi connectivity index (χ1) is 17.0. The molecule has 1 fully saturated rings. The Balaban J connectivity index is 1.44. The van der Waals surface area contributed by atoms with Crippen LogP contribution in [0.3, 0.4) is 0 Å². The minimum atomic E-state index is -3.59. The second-order valence-corrected chi connectivity index (χ2v) is 9.47. The molecule has 0 unspecified atom stereocenters. The third-order valence-corrected chi connectivity index (χ3v) is 6.99. The van der Waals surface area contributed by atoms with E-state index in [1.54, 1.807) is 55.6 Å². The van der Waals surface area contributed by atoms with Gasteiger partial charge in [0.15, 0.2) is 0 Å². The molecular weight excluding hydrogens is 516 g/mol. The van der Waals surface area contributed by atoms with Gasteiger partial charge in [0.25, 0.3) is 5.92 Å².